The fourth-order valence-electron chi connectivity index (χ4n) is 3.02. The number of hydrogen-bond donors (Lipinski definition) is 2. The minimum atomic E-state index is -3.70. The number of rotatable bonds is 6. The van der Waals surface area contributed by atoms with Gasteiger partial charge in [0, 0.05) is 28.5 Å². The molecule has 0 aliphatic heterocycles. The number of Topliss-reactive ketones (excluding diaryl/α,β-unsaturated/α-hetero) is 1. The van der Waals surface area contributed by atoms with Crippen molar-refractivity contribution in [2.24, 2.45) is 0 Å². The van der Waals surface area contributed by atoms with E-state index in [1.165, 1.54) is 18.0 Å². The Morgan fingerprint density at radius 2 is 2.11 bits per heavy atom. The van der Waals surface area contributed by atoms with Crippen LogP contribution in [0.15, 0.2) is 53.9 Å². The minimum absolute atomic E-state index is 0.0514. The number of carbonyl (C=O) groups excluding carboxylic acids is 1. The van der Waals surface area contributed by atoms with E-state index in [0.29, 0.717) is 16.3 Å². The van der Waals surface area contributed by atoms with Gasteiger partial charge in [-0.3, -0.25) is 9.36 Å². The third-order valence-corrected chi connectivity index (χ3v) is 6.93. The van der Waals surface area contributed by atoms with Gasteiger partial charge < -0.3 is 10.6 Å². The van der Waals surface area contributed by atoms with Gasteiger partial charge >= 0.3 is 0 Å². The van der Waals surface area contributed by atoms with E-state index in [1.54, 1.807) is 41.8 Å². The fourth-order valence-corrected chi connectivity index (χ4v) is 5.63. The molecule has 0 amide bonds. The number of benzene rings is 2. The fraction of sp³-hybridized carbons (Fsp3) is 0.150. The van der Waals surface area contributed by atoms with E-state index >= 15 is 0 Å². The van der Waals surface area contributed by atoms with Crippen LogP contribution in [0, 0.1) is 0 Å². The van der Waals surface area contributed by atoms with E-state index in [1.807, 2.05) is 18.2 Å². The predicted molar refractivity (Wildman–Crippen MR) is 115 cm³/mol. The number of thiophene rings is 1. The molecular weight excluding hydrogens is 401 g/mol. The van der Waals surface area contributed by atoms with E-state index < -0.39 is 13.0 Å². The number of carbonyl (C=O) groups is 1. The standard InChI is InChI=1S/C20H19ClNO3PS/c1-26(24,25)20(17-12-27-19-9-8-14(21)11-16(17)19)18(23)7-3-5-13-4-2-6-15(22)10-13/h2-6,8-12,20H,7,22H2,1H3,(H,24,25)/b5-3+. The molecular formula is C20H19ClNO3PS. The summed E-state index contributed by atoms with van der Waals surface area (Å²) in [5, 5.41) is 3.05. The maximum atomic E-state index is 12.8. The Bertz CT molecular complexity index is 1070. The molecule has 7 heteroatoms. The maximum Gasteiger partial charge on any atom is 0.212 e. The highest BCUT2D eigenvalue weighted by atomic mass is 35.5. The van der Waals surface area contributed by atoms with Gasteiger partial charge in [0.05, 0.1) is 0 Å². The highest BCUT2D eigenvalue weighted by molar-refractivity contribution is 7.58. The smallest absolute Gasteiger partial charge is 0.212 e. The predicted octanol–water partition coefficient (Wildman–Crippen LogP) is 5.75. The third kappa shape index (κ3) is 4.69. The topological polar surface area (TPSA) is 80.4 Å². The molecule has 0 saturated heterocycles. The molecule has 27 heavy (non-hydrogen) atoms. The van der Waals surface area contributed by atoms with E-state index in [2.05, 4.69) is 0 Å². The van der Waals surface area contributed by atoms with Crippen molar-refractivity contribution < 1.29 is 14.3 Å². The molecule has 0 bridgehead atoms. The summed E-state index contributed by atoms with van der Waals surface area (Å²) in [6, 6.07) is 12.6. The Morgan fingerprint density at radius 1 is 1.33 bits per heavy atom. The number of hydrogen-bond acceptors (Lipinski definition) is 4. The number of nitrogen functional groups attached to an aromatic ring is 1. The summed E-state index contributed by atoms with van der Waals surface area (Å²) in [7, 11) is -3.70. The van der Waals surface area contributed by atoms with E-state index in [4.69, 9.17) is 17.3 Å². The lowest BCUT2D eigenvalue weighted by molar-refractivity contribution is -0.118. The van der Waals surface area contributed by atoms with Gasteiger partial charge in [0.25, 0.3) is 0 Å². The molecule has 0 spiro atoms. The summed E-state index contributed by atoms with van der Waals surface area (Å²) in [6.45, 7) is 1.23. The van der Waals surface area contributed by atoms with Crippen LogP contribution in [0.2, 0.25) is 5.02 Å². The van der Waals surface area contributed by atoms with Gasteiger partial charge in [-0.05, 0) is 52.2 Å². The second kappa shape index (κ2) is 7.99. The zero-order chi connectivity index (χ0) is 19.6. The molecule has 3 rings (SSSR count). The number of halogens is 1. The normalized spacial score (nSPS) is 15.1. The molecule has 1 heterocycles. The van der Waals surface area contributed by atoms with Crippen LogP contribution >= 0.6 is 30.3 Å². The molecule has 2 aromatic carbocycles. The van der Waals surface area contributed by atoms with Crippen molar-refractivity contribution in [3.05, 3.63) is 70.1 Å². The van der Waals surface area contributed by atoms with Crippen LogP contribution in [0.3, 0.4) is 0 Å². The third-order valence-electron chi connectivity index (χ3n) is 4.18. The van der Waals surface area contributed by atoms with Crippen molar-refractivity contribution in [1.29, 1.82) is 0 Å². The molecule has 140 valence electrons. The number of fused-ring (bicyclic) bond motifs is 1. The molecule has 3 aromatic rings. The van der Waals surface area contributed by atoms with Crippen LogP contribution in [0.25, 0.3) is 16.2 Å². The zero-order valence-corrected chi connectivity index (χ0v) is 17.1. The summed E-state index contributed by atoms with van der Waals surface area (Å²) >= 11 is 7.51. The lowest BCUT2D eigenvalue weighted by Gasteiger charge is -2.18. The van der Waals surface area contributed by atoms with Gasteiger partial charge in [-0.2, -0.15) is 0 Å². The monoisotopic (exact) mass is 419 g/mol. The second-order valence-electron chi connectivity index (χ2n) is 6.42. The molecule has 2 atom stereocenters. The maximum absolute atomic E-state index is 12.8. The first-order chi connectivity index (χ1) is 12.8. The molecule has 0 aliphatic rings. The molecule has 0 radical (unpaired) electrons. The van der Waals surface area contributed by atoms with Crippen molar-refractivity contribution in [2.75, 3.05) is 12.4 Å². The van der Waals surface area contributed by atoms with Crippen molar-refractivity contribution in [3.63, 3.8) is 0 Å². The van der Waals surface area contributed by atoms with E-state index in [-0.39, 0.29) is 12.2 Å². The van der Waals surface area contributed by atoms with Crippen molar-refractivity contribution >= 4 is 57.9 Å². The molecule has 2 unspecified atom stereocenters. The molecule has 0 saturated carbocycles. The van der Waals surface area contributed by atoms with E-state index in [0.717, 1.165) is 15.6 Å². The minimum Gasteiger partial charge on any atom is -0.399 e. The Hall–Kier alpha value is -1.91. The summed E-state index contributed by atoms with van der Waals surface area (Å²) < 4.78 is 13.5. The molecule has 0 aliphatic carbocycles. The summed E-state index contributed by atoms with van der Waals surface area (Å²) in [5.41, 5.74) is 6.74. The van der Waals surface area contributed by atoms with Crippen LogP contribution in [0.4, 0.5) is 5.69 Å². The number of allylic oxidation sites excluding steroid dienone is 1. The van der Waals surface area contributed by atoms with Crippen LogP contribution in [0.5, 0.6) is 0 Å². The van der Waals surface area contributed by atoms with Crippen molar-refractivity contribution in [2.45, 2.75) is 12.1 Å². The number of anilines is 1. The average Bonchev–Trinajstić information content (AvgIpc) is 2.96. The quantitative estimate of drug-likeness (QED) is 0.393. The van der Waals surface area contributed by atoms with Gasteiger partial charge in [-0.1, -0.05) is 35.9 Å². The Morgan fingerprint density at radius 3 is 2.81 bits per heavy atom. The first-order valence-corrected chi connectivity index (χ1v) is 11.7. The Balaban J connectivity index is 1.89. The van der Waals surface area contributed by atoms with Crippen LogP contribution < -0.4 is 5.73 Å². The van der Waals surface area contributed by atoms with Crippen molar-refractivity contribution in [3.8, 4) is 0 Å². The van der Waals surface area contributed by atoms with Crippen LogP contribution in [-0.2, 0) is 9.36 Å². The molecule has 1 aromatic heterocycles. The van der Waals surface area contributed by atoms with Crippen LogP contribution in [-0.4, -0.2) is 17.3 Å². The average molecular weight is 420 g/mol. The largest absolute Gasteiger partial charge is 0.399 e. The molecule has 4 nitrogen and oxygen atoms in total. The first kappa shape index (κ1) is 19.8. The van der Waals surface area contributed by atoms with Gasteiger partial charge in [0.15, 0.2) is 5.78 Å². The van der Waals surface area contributed by atoms with E-state index in [9.17, 15) is 14.3 Å². The second-order valence-corrected chi connectivity index (χ2v) is 10.2. The Kier molecular flexibility index (Phi) is 5.87. The van der Waals surface area contributed by atoms with Gasteiger partial charge in [0.1, 0.15) is 5.66 Å². The van der Waals surface area contributed by atoms with Crippen LogP contribution in [0.1, 0.15) is 23.2 Å². The number of nitrogens with two attached hydrogens (primary N) is 1. The highest BCUT2D eigenvalue weighted by Gasteiger charge is 2.35. The molecule has 3 N–H and O–H groups in total. The SMILES string of the molecule is CP(=O)(O)C(C(=O)C/C=C/c1cccc(N)c1)c1csc2ccc(Cl)cc12. The van der Waals surface area contributed by atoms with Gasteiger partial charge in [0.2, 0.25) is 7.37 Å². The first-order valence-electron chi connectivity index (χ1n) is 8.27. The summed E-state index contributed by atoms with van der Waals surface area (Å²) in [6.07, 6.45) is 3.53. The number of ketones is 1. The van der Waals surface area contributed by atoms with Gasteiger partial charge in [-0.25, -0.2) is 0 Å². The lowest BCUT2D eigenvalue weighted by Crippen LogP contribution is -2.11. The summed E-state index contributed by atoms with van der Waals surface area (Å²) in [5.74, 6) is -0.303. The highest BCUT2D eigenvalue weighted by Crippen LogP contribution is 2.55. The van der Waals surface area contributed by atoms with Crippen molar-refractivity contribution in [1.82, 2.24) is 0 Å². The molecule has 0 fully saturated rings. The zero-order valence-electron chi connectivity index (χ0n) is 14.6. The lowest BCUT2D eigenvalue weighted by atomic mass is 10.0. The summed E-state index contributed by atoms with van der Waals surface area (Å²) in [4.78, 5) is 23.1. The Labute approximate surface area is 166 Å². The van der Waals surface area contributed by atoms with Gasteiger partial charge in [-0.15, -0.1) is 11.3 Å².